The summed E-state index contributed by atoms with van der Waals surface area (Å²) in [6.07, 6.45) is 7.42. The number of carbonyl (C=O) groups is 1. The number of hydrogen-bond acceptors (Lipinski definition) is 6. The largest absolute Gasteiger partial charge is 0.444 e. The molecule has 1 aliphatic heterocycles. The van der Waals surface area contributed by atoms with Crippen LogP contribution >= 0.6 is 0 Å². The number of rotatable bonds is 4. The Labute approximate surface area is 143 Å². The third kappa shape index (κ3) is 4.49. The van der Waals surface area contributed by atoms with Gasteiger partial charge in [0.05, 0.1) is 18.1 Å². The fraction of sp³-hybridized carbons (Fsp3) is 0.706. The van der Waals surface area contributed by atoms with Crippen molar-refractivity contribution < 1.29 is 9.53 Å². The van der Waals surface area contributed by atoms with Crippen LogP contribution in [0.15, 0.2) is 12.4 Å². The van der Waals surface area contributed by atoms with Crippen molar-refractivity contribution in [2.24, 2.45) is 0 Å². The van der Waals surface area contributed by atoms with Gasteiger partial charge < -0.3 is 20.3 Å². The smallest absolute Gasteiger partial charge is 0.407 e. The Morgan fingerprint density at radius 3 is 2.46 bits per heavy atom. The molecule has 1 aromatic heterocycles. The monoisotopic (exact) mass is 333 g/mol. The highest BCUT2D eigenvalue weighted by Gasteiger charge is 2.28. The summed E-state index contributed by atoms with van der Waals surface area (Å²) in [7, 11) is 0. The minimum Gasteiger partial charge on any atom is -0.444 e. The molecule has 3 rings (SSSR count). The lowest BCUT2D eigenvalue weighted by molar-refractivity contribution is 0.0505. The molecule has 0 unspecified atom stereocenters. The van der Waals surface area contributed by atoms with Gasteiger partial charge in [-0.05, 0) is 46.5 Å². The fourth-order valence-electron chi connectivity index (χ4n) is 3.03. The van der Waals surface area contributed by atoms with Crippen molar-refractivity contribution in [2.45, 2.75) is 64.1 Å². The average molecular weight is 333 g/mol. The zero-order valence-electron chi connectivity index (χ0n) is 14.7. The summed E-state index contributed by atoms with van der Waals surface area (Å²) in [6, 6.07) is 0.414. The van der Waals surface area contributed by atoms with Crippen LogP contribution in [-0.4, -0.2) is 46.8 Å². The van der Waals surface area contributed by atoms with Crippen LogP contribution in [0.1, 0.15) is 46.5 Å². The van der Waals surface area contributed by atoms with Crippen LogP contribution in [0.25, 0.3) is 0 Å². The first-order valence-corrected chi connectivity index (χ1v) is 8.72. The van der Waals surface area contributed by atoms with Gasteiger partial charge in [0.2, 0.25) is 5.95 Å². The molecule has 7 nitrogen and oxygen atoms in total. The number of hydrogen-bond donors (Lipinski definition) is 2. The van der Waals surface area contributed by atoms with Crippen molar-refractivity contribution in [3.8, 4) is 0 Å². The number of aromatic nitrogens is 2. The van der Waals surface area contributed by atoms with E-state index < -0.39 is 5.60 Å². The van der Waals surface area contributed by atoms with Crippen molar-refractivity contribution in [2.75, 3.05) is 23.3 Å². The van der Waals surface area contributed by atoms with Crippen molar-refractivity contribution in [1.82, 2.24) is 15.3 Å². The van der Waals surface area contributed by atoms with E-state index in [9.17, 15) is 4.79 Å². The lowest BCUT2D eigenvalue weighted by Gasteiger charge is -2.32. The van der Waals surface area contributed by atoms with Crippen molar-refractivity contribution in [3.05, 3.63) is 12.4 Å². The topological polar surface area (TPSA) is 79.4 Å². The SMILES string of the molecule is CC(C)(C)OC(=O)N[C@H]1CC[C@H](Nc2ncc(N3CCC3)cn2)C1. The molecular weight excluding hydrogens is 306 g/mol. The van der Waals surface area contributed by atoms with Crippen LogP contribution < -0.4 is 15.5 Å². The van der Waals surface area contributed by atoms with E-state index in [1.807, 2.05) is 33.2 Å². The summed E-state index contributed by atoms with van der Waals surface area (Å²) in [5.41, 5.74) is 0.620. The van der Waals surface area contributed by atoms with Crippen LogP contribution in [0.4, 0.5) is 16.4 Å². The molecule has 7 heteroatoms. The zero-order valence-corrected chi connectivity index (χ0v) is 14.7. The van der Waals surface area contributed by atoms with Gasteiger partial charge in [0.1, 0.15) is 5.60 Å². The molecular formula is C17H27N5O2. The van der Waals surface area contributed by atoms with E-state index in [1.54, 1.807) is 0 Å². The van der Waals surface area contributed by atoms with Crippen LogP contribution in [0.2, 0.25) is 0 Å². The number of nitrogens with one attached hydrogen (secondary N) is 2. The Kier molecular flexibility index (Phi) is 4.78. The predicted molar refractivity (Wildman–Crippen MR) is 93.3 cm³/mol. The molecule has 24 heavy (non-hydrogen) atoms. The maximum atomic E-state index is 11.8. The van der Waals surface area contributed by atoms with Crippen molar-refractivity contribution >= 4 is 17.7 Å². The summed E-state index contributed by atoms with van der Waals surface area (Å²) in [5.74, 6) is 0.655. The number of anilines is 2. The van der Waals surface area contributed by atoms with Gasteiger partial charge in [-0.15, -0.1) is 0 Å². The first-order valence-electron chi connectivity index (χ1n) is 8.72. The molecule has 1 aliphatic carbocycles. The number of amides is 1. The van der Waals surface area contributed by atoms with Gasteiger partial charge in [0.15, 0.2) is 0 Å². The third-order valence-electron chi connectivity index (χ3n) is 4.35. The van der Waals surface area contributed by atoms with E-state index in [1.165, 1.54) is 6.42 Å². The highest BCUT2D eigenvalue weighted by atomic mass is 16.6. The van der Waals surface area contributed by atoms with Gasteiger partial charge >= 0.3 is 6.09 Å². The highest BCUT2D eigenvalue weighted by molar-refractivity contribution is 5.68. The number of ether oxygens (including phenoxy) is 1. The minimum absolute atomic E-state index is 0.137. The van der Waals surface area contributed by atoms with E-state index in [0.717, 1.165) is 38.0 Å². The Hall–Kier alpha value is -2.05. The maximum Gasteiger partial charge on any atom is 0.407 e. The van der Waals surface area contributed by atoms with Crippen LogP contribution in [0.5, 0.6) is 0 Å². The van der Waals surface area contributed by atoms with Crippen LogP contribution in [0, 0.1) is 0 Å². The van der Waals surface area contributed by atoms with E-state index >= 15 is 0 Å². The molecule has 1 aromatic rings. The van der Waals surface area contributed by atoms with Gasteiger partial charge in [0, 0.05) is 25.2 Å². The predicted octanol–water partition coefficient (Wildman–Crippen LogP) is 2.54. The number of nitrogens with zero attached hydrogens (tertiary/aromatic N) is 3. The molecule has 132 valence electrons. The second-order valence-electron chi connectivity index (χ2n) is 7.60. The molecule has 0 radical (unpaired) electrons. The highest BCUT2D eigenvalue weighted by Crippen LogP contribution is 2.23. The first kappa shape index (κ1) is 16.8. The van der Waals surface area contributed by atoms with E-state index in [0.29, 0.717) is 5.95 Å². The molecule has 2 fully saturated rings. The lowest BCUT2D eigenvalue weighted by atomic mass is 10.2. The van der Waals surface area contributed by atoms with Crippen molar-refractivity contribution in [1.29, 1.82) is 0 Å². The van der Waals surface area contributed by atoms with Crippen LogP contribution in [0.3, 0.4) is 0 Å². The third-order valence-corrected chi connectivity index (χ3v) is 4.35. The Morgan fingerprint density at radius 2 is 1.88 bits per heavy atom. The van der Waals surface area contributed by atoms with E-state index in [4.69, 9.17) is 4.74 Å². The second kappa shape index (κ2) is 6.83. The Morgan fingerprint density at radius 1 is 1.21 bits per heavy atom. The van der Waals surface area contributed by atoms with Gasteiger partial charge in [-0.25, -0.2) is 14.8 Å². The molecule has 2 N–H and O–H groups in total. The Balaban J connectivity index is 1.45. The quantitative estimate of drug-likeness (QED) is 0.881. The Bertz CT molecular complexity index is 565. The molecule has 2 heterocycles. The number of alkyl carbamates (subject to hydrolysis) is 1. The van der Waals surface area contributed by atoms with Gasteiger partial charge in [-0.2, -0.15) is 0 Å². The normalized spacial score (nSPS) is 23.5. The molecule has 1 saturated heterocycles. The van der Waals surface area contributed by atoms with E-state index in [2.05, 4.69) is 25.5 Å². The van der Waals surface area contributed by atoms with Gasteiger partial charge in [-0.1, -0.05) is 0 Å². The molecule has 0 bridgehead atoms. The lowest BCUT2D eigenvalue weighted by Crippen LogP contribution is -2.38. The van der Waals surface area contributed by atoms with Gasteiger partial charge in [-0.3, -0.25) is 0 Å². The first-order chi connectivity index (χ1) is 11.4. The molecule has 2 aliphatic rings. The van der Waals surface area contributed by atoms with Gasteiger partial charge in [0.25, 0.3) is 0 Å². The standard InChI is InChI=1S/C17H27N5O2/c1-17(2,3)24-16(23)21-13-6-5-12(9-13)20-15-18-10-14(11-19-15)22-7-4-8-22/h10-13H,4-9H2,1-3H3,(H,21,23)(H,18,19,20)/t12-,13-/m0/s1. The second-order valence-corrected chi connectivity index (χ2v) is 7.60. The van der Waals surface area contributed by atoms with Crippen LogP contribution in [-0.2, 0) is 4.74 Å². The summed E-state index contributed by atoms with van der Waals surface area (Å²) in [5, 5.41) is 6.30. The average Bonchev–Trinajstić information content (AvgIpc) is 2.84. The minimum atomic E-state index is -0.466. The summed E-state index contributed by atoms with van der Waals surface area (Å²) in [6.45, 7) is 7.79. The molecule has 1 saturated carbocycles. The van der Waals surface area contributed by atoms with Crippen molar-refractivity contribution in [3.63, 3.8) is 0 Å². The maximum absolute atomic E-state index is 11.8. The molecule has 1 amide bonds. The number of carbonyl (C=O) groups excluding carboxylic acids is 1. The summed E-state index contributed by atoms with van der Waals surface area (Å²) in [4.78, 5) is 22.9. The fourth-order valence-corrected chi connectivity index (χ4v) is 3.03. The molecule has 0 aromatic carbocycles. The molecule has 2 atom stereocenters. The van der Waals surface area contributed by atoms with E-state index in [-0.39, 0.29) is 18.2 Å². The summed E-state index contributed by atoms with van der Waals surface area (Å²) >= 11 is 0. The zero-order chi connectivity index (χ0) is 17.2. The molecule has 0 spiro atoms. The summed E-state index contributed by atoms with van der Waals surface area (Å²) < 4.78 is 5.31.